The van der Waals surface area contributed by atoms with Crippen molar-refractivity contribution in [1.82, 2.24) is 34.8 Å². The van der Waals surface area contributed by atoms with Crippen molar-refractivity contribution < 1.29 is 18.0 Å². The number of piperidine rings is 2. The monoisotopic (exact) mass is 529 g/mol. The third-order valence-electron chi connectivity index (χ3n) is 8.62. The molecule has 2 amide bonds. The molecule has 1 spiro atoms. The summed E-state index contributed by atoms with van der Waals surface area (Å²) in [7, 11) is 2.06. The van der Waals surface area contributed by atoms with Gasteiger partial charge < -0.3 is 20.0 Å². The number of rotatable bonds is 4. The molecule has 2 unspecified atom stereocenters. The molecule has 4 saturated heterocycles. The van der Waals surface area contributed by atoms with Crippen LogP contribution in [0.15, 0.2) is 18.5 Å². The third kappa shape index (κ3) is 3.89. The van der Waals surface area contributed by atoms with Crippen molar-refractivity contribution in [3.8, 4) is 11.4 Å². The fourth-order valence-electron chi connectivity index (χ4n) is 6.67. The van der Waals surface area contributed by atoms with Gasteiger partial charge in [0.25, 0.3) is 0 Å². The fraction of sp³-hybridized carbons (Fsp3) is 0.600. The van der Waals surface area contributed by atoms with Crippen molar-refractivity contribution in [2.24, 2.45) is 0 Å². The van der Waals surface area contributed by atoms with Crippen LogP contribution in [0, 0.1) is 0 Å². The lowest BCUT2D eigenvalue weighted by Crippen LogP contribution is -2.68. The molecular formula is C25H30F3N9O. The highest BCUT2D eigenvalue weighted by Crippen LogP contribution is 2.48. The second-order valence-electron chi connectivity index (χ2n) is 11.3. The van der Waals surface area contributed by atoms with E-state index in [2.05, 4.69) is 42.4 Å². The Morgan fingerprint density at radius 1 is 1.18 bits per heavy atom. The van der Waals surface area contributed by atoms with E-state index in [9.17, 15) is 18.0 Å². The first-order valence-electron chi connectivity index (χ1n) is 13.2. The number of H-pyrrole nitrogens is 1. The number of nitrogens with one attached hydrogen (secondary N) is 2. The summed E-state index contributed by atoms with van der Waals surface area (Å²) >= 11 is 0. The minimum Gasteiger partial charge on any atom is -0.346 e. The number of nitrogens with zero attached hydrogens (tertiary/aromatic N) is 7. The van der Waals surface area contributed by atoms with Crippen molar-refractivity contribution >= 4 is 28.4 Å². The number of piperazine rings is 1. The number of amides is 2. The van der Waals surface area contributed by atoms with Crippen LogP contribution in [0.3, 0.4) is 0 Å². The number of hydrogen-bond donors (Lipinski definition) is 2. The van der Waals surface area contributed by atoms with Gasteiger partial charge in [-0.05, 0) is 51.6 Å². The molecule has 2 N–H and O–H groups in total. The van der Waals surface area contributed by atoms with Gasteiger partial charge in [-0.3, -0.25) is 14.8 Å². The molecule has 2 bridgehead atoms. The lowest BCUT2D eigenvalue weighted by molar-refractivity contribution is -0.141. The summed E-state index contributed by atoms with van der Waals surface area (Å²) in [6.07, 6.45) is 4.88. The summed E-state index contributed by atoms with van der Waals surface area (Å²) in [5, 5.41) is 15.0. The Balaban J connectivity index is 1.22. The molecule has 1 saturated carbocycles. The van der Waals surface area contributed by atoms with Gasteiger partial charge in [0.15, 0.2) is 5.82 Å². The molecule has 0 aromatic carbocycles. The quantitative estimate of drug-likeness (QED) is 0.533. The molecule has 7 heterocycles. The van der Waals surface area contributed by atoms with Crippen LogP contribution in [0.2, 0.25) is 0 Å². The molecule has 4 aliphatic heterocycles. The van der Waals surface area contributed by atoms with E-state index in [1.165, 1.54) is 6.20 Å². The van der Waals surface area contributed by atoms with E-state index in [1.54, 1.807) is 12.3 Å². The number of carbonyl (C=O) groups excluding carboxylic acids is 1. The largest absolute Gasteiger partial charge is 0.408 e. The number of carbonyl (C=O) groups is 1. The number of anilines is 2. The standard InChI is InChI=1S/C25H30F3N9O/c1-34-12-15-8-16(13-34)37(15)22-17-10-29-18(9-20(17)36(33-22)14-25(26,27)28)21-19(11-30-32-21)31-23(38)35-7-3-2-4-24(35)5-6-24/h9-11,15-16H,2-8,12-14H2,1H3,(H,30,32)(H,31,38). The highest BCUT2D eigenvalue weighted by Gasteiger charge is 2.51. The summed E-state index contributed by atoms with van der Waals surface area (Å²) in [6.45, 7) is 1.23. The van der Waals surface area contributed by atoms with E-state index in [1.807, 2.05) is 4.90 Å². The molecule has 2 atom stereocenters. The van der Waals surface area contributed by atoms with Crippen LogP contribution in [0.1, 0.15) is 38.5 Å². The number of urea groups is 1. The molecule has 5 aliphatic rings. The number of halogens is 3. The van der Waals surface area contributed by atoms with E-state index in [0.717, 1.165) is 62.8 Å². The van der Waals surface area contributed by atoms with E-state index in [0.29, 0.717) is 33.8 Å². The number of hydrogen-bond acceptors (Lipinski definition) is 6. The van der Waals surface area contributed by atoms with Crippen molar-refractivity contribution in [3.63, 3.8) is 0 Å². The number of alkyl halides is 3. The third-order valence-corrected chi connectivity index (χ3v) is 8.62. The SMILES string of the molecule is CN1CC2CC(C1)N2c1nn(CC(F)(F)F)c2cc(-c3[nH]ncc3NC(=O)N3CCCCC34CC4)ncc12. The fourth-order valence-corrected chi connectivity index (χ4v) is 6.67. The molecule has 5 fully saturated rings. The van der Waals surface area contributed by atoms with E-state index in [4.69, 9.17) is 0 Å². The molecule has 13 heteroatoms. The van der Waals surface area contributed by atoms with Crippen LogP contribution in [-0.4, -0.2) is 91.3 Å². The summed E-state index contributed by atoms with van der Waals surface area (Å²) in [5.74, 6) is 0.551. The number of aromatic nitrogens is 5. The minimum atomic E-state index is -4.43. The predicted octanol–water partition coefficient (Wildman–Crippen LogP) is 3.83. The Bertz CT molecular complexity index is 1380. The first kappa shape index (κ1) is 23.7. The molecule has 3 aromatic rings. The normalized spacial score (nSPS) is 24.6. The highest BCUT2D eigenvalue weighted by molar-refractivity contribution is 5.96. The maximum atomic E-state index is 13.5. The van der Waals surface area contributed by atoms with E-state index < -0.39 is 12.7 Å². The first-order chi connectivity index (χ1) is 18.2. The minimum absolute atomic E-state index is 0.0200. The van der Waals surface area contributed by atoms with Crippen LogP contribution < -0.4 is 10.2 Å². The lowest BCUT2D eigenvalue weighted by Gasteiger charge is -2.56. The highest BCUT2D eigenvalue weighted by atomic mass is 19.4. The van der Waals surface area contributed by atoms with Gasteiger partial charge >= 0.3 is 12.2 Å². The number of likely N-dealkylation sites (N-methyl/N-ethyl adjacent to an activating group) is 1. The Morgan fingerprint density at radius 2 is 1.97 bits per heavy atom. The molecule has 38 heavy (non-hydrogen) atoms. The molecule has 1 aliphatic carbocycles. The predicted molar refractivity (Wildman–Crippen MR) is 135 cm³/mol. The summed E-state index contributed by atoms with van der Waals surface area (Å²) in [4.78, 5) is 24.1. The van der Waals surface area contributed by atoms with Gasteiger partial charge in [0.1, 0.15) is 12.2 Å². The van der Waals surface area contributed by atoms with Crippen LogP contribution in [-0.2, 0) is 6.54 Å². The van der Waals surface area contributed by atoms with Crippen LogP contribution in [0.25, 0.3) is 22.3 Å². The van der Waals surface area contributed by atoms with Gasteiger partial charge in [0.05, 0.1) is 28.5 Å². The zero-order valence-electron chi connectivity index (χ0n) is 21.1. The molecule has 10 nitrogen and oxygen atoms in total. The molecular weight excluding hydrogens is 499 g/mol. The van der Waals surface area contributed by atoms with Crippen molar-refractivity contribution in [2.75, 3.05) is 36.9 Å². The first-order valence-corrected chi connectivity index (χ1v) is 13.2. The zero-order chi connectivity index (χ0) is 26.2. The average Bonchev–Trinajstić information content (AvgIpc) is 3.32. The molecule has 3 aromatic heterocycles. The summed E-state index contributed by atoms with van der Waals surface area (Å²) in [6, 6.07) is 1.89. The van der Waals surface area contributed by atoms with Crippen LogP contribution in [0.4, 0.5) is 29.5 Å². The summed E-state index contributed by atoms with van der Waals surface area (Å²) in [5.41, 5.74) is 1.62. The number of aromatic amines is 1. The lowest BCUT2D eigenvalue weighted by atomic mass is 9.87. The van der Waals surface area contributed by atoms with Gasteiger partial charge in [-0.25, -0.2) is 4.79 Å². The number of fused-ring (bicyclic) bond motifs is 3. The second kappa shape index (κ2) is 8.32. The van der Waals surface area contributed by atoms with Crippen LogP contribution >= 0.6 is 0 Å². The van der Waals surface area contributed by atoms with Crippen molar-refractivity contribution in [3.05, 3.63) is 18.5 Å². The number of likely N-dealkylation sites (tertiary alicyclic amines) is 1. The summed E-state index contributed by atoms with van der Waals surface area (Å²) < 4.78 is 41.6. The maximum Gasteiger partial charge on any atom is 0.408 e. The Labute approximate surface area is 217 Å². The van der Waals surface area contributed by atoms with E-state index >= 15 is 0 Å². The topological polar surface area (TPSA) is 98.2 Å². The van der Waals surface area contributed by atoms with Crippen LogP contribution in [0.5, 0.6) is 0 Å². The molecule has 202 valence electrons. The Morgan fingerprint density at radius 3 is 2.71 bits per heavy atom. The Kier molecular flexibility index (Phi) is 5.20. The van der Waals surface area contributed by atoms with Gasteiger partial charge in [0.2, 0.25) is 0 Å². The van der Waals surface area contributed by atoms with Gasteiger partial charge in [-0.1, -0.05) is 0 Å². The van der Waals surface area contributed by atoms with Gasteiger partial charge in [0, 0.05) is 43.5 Å². The van der Waals surface area contributed by atoms with Crippen molar-refractivity contribution in [1.29, 1.82) is 0 Å². The maximum absolute atomic E-state index is 13.5. The van der Waals surface area contributed by atoms with Crippen molar-refractivity contribution in [2.45, 2.75) is 68.9 Å². The second-order valence-corrected chi connectivity index (χ2v) is 11.3. The molecule has 0 radical (unpaired) electrons. The van der Waals surface area contributed by atoms with E-state index in [-0.39, 0.29) is 23.7 Å². The average molecular weight is 530 g/mol. The van der Waals surface area contributed by atoms with Gasteiger partial charge in [-0.2, -0.15) is 23.4 Å². The van der Waals surface area contributed by atoms with Gasteiger partial charge in [-0.15, -0.1) is 0 Å². The number of pyridine rings is 1. The smallest absolute Gasteiger partial charge is 0.346 e. The zero-order valence-corrected chi connectivity index (χ0v) is 21.1. The molecule has 8 rings (SSSR count). The Hall–Kier alpha value is -3.35.